The predicted octanol–water partition coefficient (Wildman–Crippen LogP) is 1.45. The molecule has 0 aliphatic carbocycles. The van der Waals surface area contributed by atoms with E-state index in [4.69, 9.17) is 4.74 Å². The Morgan fingerprint density at radius 2 is 2.36 bits per heavy atom. The fourth-order valence-electron chi connectivity index (χ4n) is 2.18. The molecule has 1 rings (SSSR count). The largest absolute Gasteiger partial charge is 0.469 e. The Labute approximate surface area is 85.7 Å². The van der Waals surface area contributed by atoms with Gasteiger partial charge in [0.1, 0.15) is 0 Å². The molecule has 1 unspecified atom stereocenters. The normalized spacial score (nSPS) is 26.1. The van der Waals surface area contributed by atoms with E-state index >= 15 is 0 Å². The van der Waals surface area contributed by atoms with Gasteiger partial charge in [-0.3, -0.25) is 9.69 Å². The van der Waals surface area contributed by atoms with Crippen LogP contribution in [0.15, 0.2) is 12.7 Å². The highest BCUT2D eigenvalue weighted by Gasteiger charge is 2.45. The van der Waals surface area contributed by atoms with E-state index in [1.165, 1.54) is 7.11 Å². The topological polar surface area (TPSA) is 29.5 Å². The smallest absolute Gasteiger partial charge is 0.310 e. The second-order valence-electron chi connectivity index (χ2n) is 4.25. The number of hydrogen-bond donors (Lipinski definition) is 0. The highest BCUT2D eigenvalue weighted by Crippen LogP contribution is 2.34. The lowest BCUT2D eigenvalue weighted by molar-refractivity contribution is -0.147. The van der Waals surface area contributed by atoms with E-state index < -0.39 is 0 Å². The molecule has 0 radical (unpaired) electrons. The van der Waals surface area contributed by atoms with Gasteiger partial charge in [0.05, 0.1) is 13.0 Å². The van der Waals surface area contributed by atoms with Crippen molar-refractivity contribution in [3.8, 4) is 0 Å². The van der Waals surface area contributed by atoms with Crippen molar-refractivity contribution >= 4 is 5.97 Å². The van der Waals surface area contributed by atoms with Gasteiger partial charge in [-0.1, -0.05) is 6.08 Å². The Bertz CT molecular complexity index is 235. The van der Waals surface area contributed by atoms with Crippen LogP contribution < -0.4 is 0 Å². The van der Waals surface area contributed by atoms with Gasteiger partial charge in [0, 0.05) is 12.1 Å². The molecule has 1 aliphatic rings. The second-order valence-corrected chi connectivity index (χ2v) is 4.25. The van der Waals surface area contributed by atoms with Crippen LogP contribution in [-0.2, 0) is 9.53 Å². The number of methoxy groups -OCH3 is 1. The van der Waals surface area contributed by atoms with E-state index in [0.29, 0.717) is 0 Å². The SMILES string of the molecule is C=CCN1CCC(C(=O)OC)C1(C)C. The highest BCUT2D eigenvalue weighted by atomic mass is 16.5. The van der Waals surface area contributed by atoms with Gasteiger partial charge in [-0.25, -0.2) is 0 Å². The van der Waals surface area contributed by atoms with Gasteiger partial charge in [-0.15, -0.1) is 6.58 Å². The summed E-state index contributed by atoms with van der Waals surface area (Å²) in [5.74, 6) is -0.103. The molecule has 1 aliphatic heterocycles. The van der Waals surface area contributed by atoms with Gasteiger partial charge in [0.15, 0.2) is 0 Å². The predicted molar refractivity (Wildman–Crippen MR) is 56.0 cm³/mol. The first-order valence-corrected chi connectivity index (χ1v) is 4.97. The van der Waals surface area contributed by atoms with Gasteiger partial charge in [0.2, 0.25) is 0 Å². The van der Waals surface area contributed by atoms with Crippen molar-refractivity contribution in [3.63, 3.8) is 0 Å². The molecule has 1 saturated heterocycles. The lowest BCUT2D eigenvalue weighted by atomic mass is 9.88. The summed E-state index contributed by atoms with van der Waals surface area (Å²) in [5.41, 5.74) is -0.110. The van der Waals surface area contributed by atoms with Crippen LogP contribution in [0.25, 0.3) is 0 Å². The molecule has 0 aromatic carbocycles. The minimum absolute atomic E-state index is 0.00699. The van der Waals surface area contributed by atoms with E-state index in [0.717, 1.165) is 19.5 Å². The average Bonchev–Trinajstić information content (AvgIpc) is 2.42. The molecule has 0 aromatic rings. The summed E-state index contributed by atoms with van der Waals surface area (Å²) in [6.45, 7) is 9.68. The fraction of sp³-hybridized carbons (Fsp3) is 0.727. The summed E-state index contributed by atoms with van der Waals surface area (Å²) in [6.07, 6.45) is 2.76. The Kier molecular flexibility index (Phi) is 3.32. The van der Waals surface area contributed by atoms with Crippen molar-refractivity contribution in [2.75, 3.05) is 20.2 Å². The molecule has 1 heterocycles. The molecule has 3 nitrogen and oxygen atoms in total. The van der Waals surface area contributed by atoms with E-state index in [2.05, 4.69) is 25.3 Å². The first kappa shape index (κ1) is 11.2. The molecule has 0 bridgehead atoms. The molecule has 3 heteroatoms. The maximum Gasteiger partial charge on any atom is 0.310 e. The summed E-state index contributed by atoms with van der Waals surface area (Å²) >= 11 is 0. The molecule has 1 atom stereocenters. The Balaban J connectivity index is 2.74. The summed E-state index contributed by atoms with van der Waals surface area (Å²) < 4.78 is 4.80. The molecule has 0 N–H and O–H groups in total. The van der Waals surface area contributed by atoms with Crippen LogP contribution in [0, 0.1) is 5.92 Å². The van der Waals surface area contributed by atoms with E-state index in [9.17, 15) is 4.79 Å². The maximum absolute atomic E-state index is 11.5. The maximum atomic E-state index is 11.5. The van der Waals surface area contributed by atoms with Crippen molar-refractivity contribution in [2.45, 2.75) is 25.8 Å². The van der Waals surface area contributed by atoms with Gasteiger partial charge in [0.25, 0.3) is 0 Å². The number of rotatable bonds is 3. The molecule has 0 spiro atoms. The number of carbonyl (C=O) groups excluding carboxylic acids is 1. The van der Waals surface area contributed by atoms with Crippen molar-refractivity contribution in [1.29, 1.82) is 0 Å². The molecular formula is C11H19NO2. The number of hydrogen-bond acceptors (Lipinski definition) is 3. The first-order chi connectivity index (χ1) is 6.54. The molecule has 14 heavy (non-hydrogen) atoms. The summed E-state index contributed by atoms with van der Waals surface area (Å²) in [4.78, 5) is 13.8. The van der Waals surface area contributed by atoms with Gasteiger partial charge < -0.3 is 4.74 Å². The van der Waals surface area contributed by atoms with Crippen LogP contribution in [-0.4, -0.2) is 36.6 Å². The van der Waals surface area contributed by atoms with Crippen LogP contribution in [0.5, 0.6) is 0 Å². The second kappa shape index (κ2) is 4.13. The van der Waals surface area contributed by atoms with E-state index in [-0.39, 0.29) is 17.4 Å². The molecule has 0 amide bonds. The third-order valence-corrected chi connectivity index (χ3v) is 3.19. The summed E-state index contributed by atoms with van der Waals surface area (Å²) in [5, 5.41) is 0. The van der Waals surface area contributed by atoms with Crippen LogP contribution in [0.3, 0.4) is 0 Å². The van der Waals surface area contributed by atoms with Gasteiger partial charge >= 0.3 is 5.97 Å². The zero-order chi connectivity index (χ0) is 10.8. The molecular weight excluding hydrogens is 178 g/mol. The van der Waals surface area contributed by atoms with E-state index in [1.54, 1.807) is 0 Å². The standard InChI is InChI=1S/C11H19NO2/c1-5-7-12-8-6-9(10(13)14-4)11(12,2)3/h5,9H,1,6-8H2,2-4H3. The number of nitrogens with zero attached hydrogens (tertiary/aromatic N) is 1. The highest BCUT2D eigenvalue weighted by molar-refractivity contribution is 5.74. The minimum Gasteiger partial charge on any atom is -0.469 e. The fourth-order valence-corrected chi connectivity index (χ4v) is 2.18. The van der Waals surface area contributed by atoms with Crippen molar-refractivity contribution in [1.82, 2.24) is 4.90 Å². The third kappa shape index (κ3) is 1.82. The summed E-state index contributed by atoms with van der Waals surface area (Å²) in [7, 11) is 1.45. The molecule has 0 aromatic heterocycles. The zero-order valence-corrected chi connectivity index (χ0v) is 9.25. The lowest BCUT2D eigenvalue weighted by Crippen LogP contribution is -2.45. The van der Waals surface area contributed by atoms with Crippen molar-refractivity contribution in [3.05, 3.63) is 12.7 Å². The van der Waals surface area contributed by atoms with E-state index in [1.807, 2.05) is 6.08 Å². The minimum atomic E-state index is -0.110. The number of likely N-dealkylation sites (tertiary alicyclic amines) is 1. The summed E-state index contributed by atoms with van der Waals surface area (Å²) in [6, 6.07) is 0. The van der Waals surface area contributed by atoms with Crippen LogP contribution >= 0.6 is 0 Å². The zero-order valence-electron chi connectivity index (χ0n) is 9.25. The van der Waals surface area contributed by atoms with Crippen LogP contribution in [0.1, 0.15) is 20.3 Å². The van der Waals surface area contributed by atoms with Crippen molar-refractivity contribution in [2.24, 2.45) is 5.92 Å². The Hall–Kier alpha value is -0.830. The van der Waals surface area contributed by atoms with Gasteiger partial charge in [-0.2, -0.15) is 0 Å². The Morgan fingerprint density at radius 3 is 2.86 bits per heavy atom. The first-order valence-electron chi connectivity index (χ1n) is 4.97. The van der Waals surface area contributed by atoms with Crippen LogP contribution in [0.4, 0.5) is 0 Å². The lowest BCUT2D eigenvalue weighted by Gasteiger charge is -2.34. The third-order valence-electron chi connectivity index (χ3n) is 3.19. The quantitative estimate of drug-likeness (QED) is 0.506. The monoisotopic (exact) mass is 197 g/mol. The number of esters is 1. The number of ether oxygens (including phenoxy) is 1. The molecule has 80 valence electrons. The molecule has 1 fully saturated rings. The average molecular weight is 197 g/mol. The number of carbonyl (C=O) groups is 1. The van der Waals surface area contributed by atoms with Crippen LogP contribution in [0.2, 0.25) is 0 Å². The van der Waals surface area contributed by atoms with Crippen molar-refractivity contribution < 1.29 is 9.53 Å². The van der Waals surface area contributed by atoms with Gasteiger partial charge in [-0.05, 0) is 26.8 Å². The molecule has 0 saturated carbocycles. The Morgan fingerprint density at radius 1 is 1.71 bits per heavy atom.